The number of rotatable bonds is 11. The summed E-state index contributed by atoms with van der Waals surface area (Å²) in [5.74, 6) is 0.386. The van der Waals surface area contributed by atoms with Gasteiger partial charge in [-0.05, 0) is 24.6 Å². The fraction of sp³-hybridized carbons (Fsp3) is 0.423. The molecule has 1 fully saturated rings. The van der Waals surface area contributed by atoms with Gasteiger partial charge >= 0.3 is 5.97 Å². The van der Waals surface area contributed by atoms with E-state index in [4.69, 9.17) is 23.7 Å². The van der Waals surface area contributed by atoms with Crippen molar-refractivity contribution >= 4 is 5.97 Å². The van der Waals surface area contributed by atoms with E-state index in [-0.39, 0.29) is 30.5 Å². The first-order valence-corrected chi connectivity index (χ1v) is 11.0. The van der Waals surface area contributed by atoms with Crippen LogP contribution in [0.15, 0.2) is 67.3 Å². The number of esters is 1. The Morgan fingerprint density at radius 1 is 1.16 bits per heavy atom. The van der Waals surface area contributed by atoms with Gasteiger partial charge in [-0.25, -0.2) is 0 Å². The summed E-state index contributed by atoms with van der Waals surface area (Å²) in [6, 6.07) is 17.6. The minimum atomic E-state index is -0.533. The van der Waals surface area contributed by atoms with Crippen LogP contribution in [0, 0.1) is 5.92 Å². The molecule has 4 atom stereocenters. The van der Waals surface area contributed by atoms with Crippen molar-refractivity contribution in [3.8, 4) is 5.75 Å². The van der Waals surface area contributed by atoms with Gasteiger partial charge in [0.15, 0.2) is 6.29 Å². The molecule has 2 aromatic rings. The van der Waals surface area contributed by atoms with Crippen molar-refractivity contribution in [3.05, 3.63) is 78.4 Å². The first kappa shape index (κ1) is 24.0. The van der Waals surface area contributed by atoms with Crippen LogP contribution >= 0.6 is 0 Å². The lowest BCUT2D eigenvalue weighted by Gasteiger charge is -2.38. The van der Waals surface area contributed by atoms with Crippen LogP contribution in [0.3, 0.4) is 0 Å². The molecule has 0 radical (unpaired) electrons. The fourth-order valence-electron chi connectivity index (χ4n) is 3.70. The van der Waals surface area contributed by atoms with Crippen molar-refractivity contribution in [1.29, 1.82) is 0 Å². The monoisotopic (exact) mass is 440 g/mol. The standard InChI is InChI=1S/C26H32O6/c1-4-20(15-25(27)30-5-2)24-16-23(31-26(32-24)21-9-7-6-8-10-21)18-29-17-19-11-13-22(28-3)14-12-19/h4,6-14,20,23-24,26H,1,5,15-18H2,2-3H3/t20-,23-,24+,26+/m0/s1. The number of hydrogen-bond donors (Lipinski definition) is 0. The van der Waals surface area contributed by atoms with Crippen molar-refractivity contribution in [2.24, 2.45) is 5.92 Å². The third-order valence-electron chi connectivity index (χ3n) is 5.40. The summed E-state index contributed by atoms with van der Waals surface area (Å²) in [5.41, 5.74) is 1.98. The molecule has 0 aromatic heterocycles. The van der Waals surface area contributed by atoms with Gasteiger partial charge in [-0.2, -0.15) is 0 Å². The molecule has 0 spiro atoms. The van der Waals surface area contributed by atoms with E-state index >= 15 is 0 Å². The van der Waals surface area contributed by atoms with Gasteiger partial charge in [-0.15, -0.1) is 6.58 Å². The van der Waals surface area contributed by atoms with E-state index < -0.39 is 6.29 Å². The molecule has 2 aromatic carbocycles. The maximum Gasteiger partial charge on any atom is 0.306 e. The van der Waals surface area contributed by atoms with Crippen LogP contribution < -0.4 is 4.74 Å². The molecule has 172 valence electrons. The van der Waals surface area contributed by atoms with Crippen LogP contribution in [-0.2, 0) is 30.3 Å². The third-order valence-corrected chi connectivity index (χ3v) is 5.40. The molecule has 6 heteroatoms. The minimum absolute atomic E-state index is 0.173. The van der Waals surface area contributed by atoms with Crippen molar-refractivity contribution in [1.82, 2.24) is 0 Å². The van der Waals surface area contributed by atoms with Crippen LogP contribution in [0.2, 0.25) is 0 Å². The molecule has 1 aliphatic rings. The molecule has 1 heterocycles. The van der Waals surface area contributed by atoms with Gasteiger partial charge in [0.2, 0.25) is 0 Å². The Morgan fingerprint density at radius 2 is 1.91 bits per heavy atom. The molecule has 32 heavy (non-hydrogen) atoms. The van der Waals surface area contributed by atoms with E-state index in [0.717, 1.165) is 16.9 Å². The van der Waals surface area contributed by atoms with Gasteiger partial charge in [-0.1, -0.05) is 48.5 Å². The first-order chi connectivity index (χ1) is 15.6. The van der Waals surface area contributed by atoms with Crippen molar-refractivity contribution in [3.63, 3.8) is 0 Å². The molecular weight excluding hydrogens is 408 g/mol. The van der Waals surface area contributed by atoms with Gasteiger partial charge in [0.25, 0.3) is 0 Å². The largest absolute Gasteiger partial charge is 0.497 e. The Hall–Kier alpha value is -2.67. The molecule has 0 amide bonds. The lowest BCUT2D eigenvalue weighted by atomic mass is 9.93. The molecule has 0 saturated carbocycles. The normalized spacial score (nSPS) is 21.5. The maximum absolute atomic E-state index is 12.1. The molecule has 0 bridgehead atoms. The molecule has 6 nitrogen and oxygen atoms in total. The van der Waals surface area contributed by atoms with E-state index in [1.165, 1.54) is 0 Å². The quantitative estimate of drug-likeness (QED) is 0.368. The molecule has 0 unspecified atom stereocenters. The molecule has 0 aliphatic carbocycles. The van der Waals surface area contributed by atoms with Gasteiger partial charge in [0.05, 0.1) is 45.6 Å². The zero-order chi connectivity index (χ0) is 22.8. The Morgan fingerprint density at radius 3 is 2.56 bits per heavy atom. The van der Waals surface area contributed by atoms with E-state index in [1.54, 1.807) is 20.1 Å². The summed E-state index contributed by atoms with van der Waals surface area (Å²) < 4.78 is 28.7. The van der Waals surface area contributed by atoms with E-state index in [2.05, 4.69) is 6.58 Å². The Labute approximate surface area is 190 Å². The highest BCUT2D eigenvalue weighted by Gasteiger charge is 2.35. The average molecular weight is 441 g/mol. The highest BCUT2D eigenvalue weighted by atomic mass is 16.7. The fourth-order valence-corrected chi connectivity index (χ4v) is 3.70. The minimum Gasteiger partial charge on any atom is -0.497 e. The van der Waals surface area contributed by atoms with Gasteiger partial charge in [0, 0.05) is 17.9 Å². The van der Waals surface area contributed by atoms with E-state index in [1.807, 2.05) is 54.6 Å². The lowest BCUT2D eigenvalue weighted by Crippen LogP contribution is -2.40. The summed E-state index contributed by atoms with van der Waals surface area (Å²) in [6.07, 6.45) is 1.65. The van der Waals surface area contributed by atoms with Crippen LogP contribution in [0.5, 0.6) is 5.75 Å². The van der Waals surface area contributed by atoms with Crippen LogP contribution in [-0.4, -0.2) is 38.5 Å². The van der Waals surface area contributed by atoms with Crippen molar-refractivity contribution < 1.29 is 28.5 Å². The highest BCUT2D eigenvalue weighted by molar-refractivity contribution is 5.70. The topological polar surface area (TPSA) is 63.2 Å². The Kier molecular flexibility index (Phi) is 9.28. The summed E-state index contributed by atoms with van der Waals surface area (Å²) >= 11 is 0. The first-order valence-electron chi connectivity index (χ1n) is 11.0. The SMILES string of the molecule is C=C[C@@H](CC(=O)OCC)[C@H]1C[C@@H](COCc2ccc(OC)cc2)O[C@@H](c2ccccc2)O1. The number of hydrogen-bond acceptors (Lipinski definition) is 6. The van der Waals surface area contributed by atoms with Crippen molar-refractivity contribution in [2.45, 2.75) is 44.9 Å². The summed E-state index contributed by atoms with van der Waals surface area (Å²) in [4.78, 5) is 12.1. The maximum atomic E-state index is 12.1. The lowest BCUT2D eigenvalue weighted by molar-refractivity contribution is -0.264. The summed E-state index contributed by atoms with van der Waals surface area (Å²) in [6.45, 7) is 6.96. The predicted octanol–water partition coefficient (Wildman–Crippen LogP) is 4.84. The van der Waals surface area contributed by atoms with Crippen LogP contribution in [0.4, 0.5) is 0 Å². The van der Waals surface area contributed by atoms with Crippen molar-refractivity contribution in [2.75, 3.05) is 20.3 Å². The second-order valence-corrected chi connectivity index (χ2v) is 7.68. The molecular formula is C26H32O6. The summed E-state index contributed by atoms with van der Waals surface area (Å²) in [5, 5.41) is 0. The van der Waals surface area contributed by atoms with Crippen LogP contribution in [0.25, 0.3) is 0 Å². The molecule has 1 saturated heterocycles. The molecule has 0 N–H and O–H groups in total. The van der Waals surface area contributed by atoms with Gasteiger partial charge in [0.1, 0.15) is 5.75 Å². The zero-order valence-corrected chi connectivity index (χ0v) is 18.8. The van der Waals surface area contributed by atoms with E-state index in [9.17, 15) is 4.79 Å². The number of ether oxygens (including phenoxy) is 5. The van der Waals surface area contributed by atoms with Gasteiger partial charge < -0.3 is 23.7 Å². The number of methoxy groups -OCH3 is 1. The smallest absolute Gasteiger partial charge is 0.306 e. The van der Waals surface area contributed by atoms with Gasteiger partial charge in [-0.3, -0.25) is 4.79 Å². The number of carbonyl (C=O) groups is 1. The zero-order valence-electron chi connectivity index (χ0n) is 18.8. The number of carbonyl (C=O) groups excluding carboxylic acids is 1. The second-order valence-electron chi connectivity index (χ2n) is 7.68. The Balaban J connectivity index is 1.65. The highest BCUT2D eigenvalue weighted by Crippen LogP contribution is 2.34. The molecule has 1 aliphatic heterocycles. The predicted molar refractivity (Wildman–Crippen MR) is 121 cm³/mol. The van der Waals surface area contributed by atoms with E-state index in [0.29, 0.717) is 26.2 Å². The summed E-state index contributed by atoms with van der Waals surface area (Å²) in [7, 11) is 1.64. The molecule has 3 rings (SSSR count). The number of benzene rings is 2. The van der Waals surface area contributed by atoms with Crippen LogP contribution in [0.1, 0.15) is 37.2 Å². The second kappa shape index (κ2) is 12.4. The third kappa shape index (κ3) is 6.92. The Bertz CT molecular complexity index is 835. The average Bonchev–Trinajstić information content (AvgIpc) is 2.83.